The molecule has 0 atom stereocenters. The van der Waals surface area contributed by atoms with Crippen LogP contribution >= 0.6 is 22.9 Å². The van der Waals surface area contributed by atoms with Crippen LogP contribution in [0.15, 0.2) is 36.4 Å². The van der Waals surface area contributed by atoms with Gasteiger partial charge >= 0.3 is 0 Å². The molecule has 0 saturated heterocycles. The number of fused-ring (bicyclic) bond motifs is 1. The van der Waals surface area contributed by atoms with Crippen LogP contribution in [0.1, 0.15) is 10.6 Å². The molecule has 0 amide bonds. The summed E-state index contributed by atoms with van der Waals surface area (Å²) in [5.41, 5.74) is 9.72. The van der Waals surface area contributed by atoms with E-state index in [0.29, 0.717) is 6.54 Å². The molecule has 1 aromatic heterocycles. The van der Waals surface area contributed by atoms with E-state index in [1.54, 1.807) is 11.3 Å². The third-order valence-electron chi connectivity index (χ3n) is 3.09. The van der Waals surface area contributed by atoms with Crippen LogP contribution in [0.3, 0.4) is 0 Å². The number of nitrogen functional groups attached to an aromatic ring is 1. The van der Waals surface area contributed by atoms with E-state index >= 15 is 0 Å². The van der Waals surface area contributed by atoms with E-state index in [0.717, 1.165) is 37.2 Å². The molecule has 0 aliphatic heterocycles. The van der Waals surface area contributed by atoms with Gasteiger partial charge in [-0.25, -0.2) is 4.98 Å². The number of nitrogens with one attached hydrogen (secondary N) is 1. The first-order chi connectivity index (χ1) is 9.63. The Labute approximate surface area is 126 Å². The molecular weight excluding hydrogens is 290 g/mol. The van der Waals surface area contributed by atoms with E-state index in [9.17, 15) is 0 Å². The summed E-state index contributed by atoms with van der Waals surface area (Å²) in [7, 11) is 0. The molecule has 0 aliphatic rings. The van der Waals surface area contributed by atoms with Crippen LogP contribution in [0, 0.1) is 6.92 Å². The molecule has 0 saturated carbocycles. The van der Waals surface area contributed by atoms with Crippen molar-refractivity contribution >= 4 is 44.5 Å². The number of thiazole rings is 1. The molecule has 2 aromatic carbocycles. The number of hydrogen-bond acceptors (Lipinski definition) is 4. The maximum Gasteiger partial charge on any atom is 0.0907 e. The van der Waals surface area contributed by atoms with Crippen molar-refractivity contribution in [3.63, 3.8) is 0 Å². The minimum absolute atomic E-state index is 0.637. The fraction of sp³-hybridized carbons (Fsp3) is 0.133. The molecule has 1 heterocycles. The molecule has 0 bridgehead atoms. The quantitative estimate of drug-likeness (QED) is 0.703. The Kier molecular flexibility index (Phi) is 3.51. The lowest BCUT2D eigenvalue weighted by atomic mass is 10.2. The van der Waals surface area contributed by atoms with Crippen LogP contribution in [0.2, 0.25) is 5.02 Å². The predicted molar refractivity (Wildman–Crippen MR) is 87.5 cm³/mol. The highest BCUT2D eigenvalue weighted by molar-refractivity contribution is 7.18. The molecule has 0 radical (unpaired) electrons. The highest BCUT2D eigenvalue weighted by Gasteiger charge is 2.07. The van der Waals surface area contributed by atoms with Gasteiger partial charge in [0.2, 0.25) is 0 Å². The SMILES string of the molecule is Cc1nc2cc(NCc3ccccc3Cl)c(N)cc2s1. The first-order valence-electron chi connectivity index (χ1n) is 6.27. The molecule has 20 heavy (non-hydrogen) atoms. The van der Waals surface area contributed by atoms with Gasteiger partial charge in [-0.05, 0) is 30.7 Å². The van der Waals surface area contributed by atoms with Gasteiger partial charge in [-0.15, -0.1) is 11.3 Å². The molecule has 3 nitrogen and oxygen atoms in total. The molecule has 0 aliphatic carbocycles. The van der Waals surface area contributed by atoms with Crippen LogP contribution in [0.4, 0.5) is 11.4 Å². The standard InChI is InChI=1S/C15H14ClN3S/c1-9-19-14-7-13(12(17)6-15(14)20-9)18-8-10-4-2-3-5-11(10)16/h2-7,18H,8,17H2,1H3. The number of aromatic nitrogens is 1. The van der Waals surface area contributed by atoms with Crippen molar-refractivity contribution in [2.75, 3.05) is 11.1 Å². The first kappa shape index (κ1) is 13.2. The Morgan fingerprint density at radius 3 is 2.90 bits per heavy atom. The van der Waals surface area contributed by atoms with Gasteiger partial charge in [0, 0.05) is 11.6 Å². The predicted octanol–water partition coefficient (Wildman–Crippen LogP) is 4.45. The van der Waals surface area contributed by atoms with E-state index in [1.165, 1.54) is 0 Å². The summed E-state index contributed by atoms with van der Waals surface area (Å²) in [6.45, 7) is 2.64. The van der Waals surface area contributed by atoms with E-state index < -0.39 is 0 Å². The second kappa shape index (κ2) is 5.31. The van der Waals surface area contributed by atoms with E-state index in [4.69, 9.17) is 17.3 Å². The van der Waals surface area contributed by atoms with Crippen LogP contribution in [-0.4, -0.2) is 4.98 Å². The van der Waals surface area contributed by atoms with E-state index in [2.05, 4.69) is 10.3 Å². The average Bonchev–Trinajstić information content (AvgIpc) is 2.76. The van der Waals surface area contributed by atoms with Gasteiger partial charge in [0.25, 0.3) is 0 Å². The summed E-state index contributed by atoms with van der Waals surface area (Å²) in [6, 6.07) is 11.7. The van der Waals surface area contributed by atoms with Crippen LogP contribution < -0.4 is 11.1 Å². The number of aryl methyl sites for hydroxylation is 1. The van der Waals surface area contributed by atoms with Crippen molar-refractivity contribution in [3.8, 4) is 0 Å². The third kappa shape index (κ3) is 2.57. The zero-order chi connectivity index (χ0) is 14.1. The Morgan fingerprint density at radius 2 is 2.10 bits per heavy atom. The Balaban J connectivity index is 1.87. The summed E-state index contributed by atoms with van der Waals surface area (Å²) in [5.74, 6) is 0. The lowest BCUT2D eigenvalue weighted by Crippen LogP contribution is -2.02. The van der Waals surface area contributed by atoms with Crippen LogP contribution in [0.25, 0.3) is 10.2 Å². The number of benzene rings is 2. The normalized spacial score (nSPS) is 10.9. The van der Waals surface area contributed by atoms with Gasteiger partial charge in [0.1, 0.15) is 0 Å². The van der Waals surface area contributed by atoms with Crippen molar-refractivity contribution in [1.82, 2.24) is 4.98 Å². The number of hydrogen-bond donors (Lipinski definition) is 2. The smallest absolute Gasteiger partial charge is 0.0907 e. The summed E-state index contributed by atoms with van der Waals surface area (Å²) in [6.07, 6.45) is 0. The van der Waals surface area contributed by atoms with Gasteiger partial charge in [0.05, 0.1) is 26.6 Å². The fourth-order valence-corrected chi connectivity index (χ4v) is 3.15. The van der Waals surface area contributed by atoms with Gasteiger partial charge in [-0.3, -0.25) is 0 Å². The Hall–Kier alpha value is -1.78. The van der Waals surface area contributed by atoms with Crippen LogP contribution in [0.5, 0.6) is 0 Å². The van der Waals surface area contributed by atoms with Crippen molar-refractivity contribution in [3.05, 3.63) is 52.0 Å². The largest absolute Gasteiger partial charge is 0.397 e. The monoisotopic (exact) mass is 303 g/mol. The fourth-order valence-electron chi connectivity index (χ4n) is 2.09. The Bertz CT molecular complexity index is 767. The third-order valence-corrected chi connectivity index (χ3v) is 4.40. The molecule has 102 valence electrons. The average molecular weight is 304 g/mol. The number of nitrogens with two attached hydrogens (primary N) is 1. The van der Waals surface area contributed by atoms with Crippen molar-refractivity contribution in [2.45, 2.75) is 13.5 Å². The van der Waals surface area contributed by atoms with Crippen LogP contribution in [-0.2, 0) is 6.54 Å². The number of anilines is 2. The zero-order valence-electron chi connectivity index (χ0n) is 11.0. The van der Waals surface area contributed by atoms with E-state index in [1.807, 2.05) is 43.3 Å². The summed E-state index contributed by atoms with van der Waals surface area (Å²) in [4.78, 5) is 4.48. The van der Waals surface area contributed by atoms with Crippen molar-refractivity contribution in [2.24, 2.45) is 0 Å². The number of rotatable bonds is 3. The van der Waals surface area contributed by atoms with Gasteiger partial charge < -0.3 is 11.1 Å². The Morgan fingerprint density at radius 1 is 1.30 bits per heavy atom. The molecule has 3 aromatic rings. The summed E-state index contributed by atoms with van der Waals surface area (Å²) >= 11 is 7.80. The molecule has 3 rings (SSSR count). The summed E-state index contributed by atoms with van der Waals surface area (Å²) in [5, 5.41) is 5.12. The van der Waals surface area contributed by atoms with Crippen molar-refractivity contribution in [1.29, 1.82) is 0 Å². The van der Waals surface area contributed by atoms with Gasteiger partial charge in [-0.1, -0.05) is 29.8 Å². The molecule has 0 fully saturated rings. The molecular formula is C15H14ClN3S. The second-order valence-electron chi connectivity index (χ2n) is 4.59. The molecule has 5 heteroatoms. The minimum Gasteiger partial charge on any atom is -0.397 e. The molecule has 0 unspecified atom stereocenters. The lowest BCUT2D eigenvalue weighted by Gasteiger charge is -2.10. The second-order valence-corrected chi connectivity index (χ2v) is 6.23. The van der Waals surface area contributed by atoms with E-state index in [-0.39, 0.29) is 0 Å². The summed E-state index contributed by atoms with van der Waals surface area (Å²) < 4.78 is 1.11. The zero-order valence-corrected chi connectivity index (χ0v) is 12.6. The first-order valence-corrected chi connectivity index (χ1v) is 7.47. The minimum atomic E-state index is 0.637. The van der Waals surface area contributed by atoms with Gasteiger partial charge in [-0.2, -0.15) is 0 Å². The number of halogens is 1. The molecule has 0 spiro atoms. The highest BCUT2D eigenvalue weighted by atomic mass is 35.5. The maximum atomic E-state index is 6.15. The topological polar surface area (TPSA) is 50.9 Å². The van der Waals surface area contributed by atoms with Gasteiger partial charge in [0.15, 0.2) is 0 Å². The van der Waals surface area contributed by atoms with Crippen molar-refractivity contribution < 1.29 is 0 Å². The number of nitrogens with zero attached hydrogens (tertiary/aromatic N) is 1. The highest BCUT2D eigenvalue weighted by Crippen LogP contribution is 2.30. The lowest BCUT2D eigenvalue weighted by molar-refractivity contribution is 1.15. The maximum absolute atomic E-state index is 6.15. The molecule has 3 N–H and O–H groups in total.